The number of ether oxygens (including phenoxy) is 3. The fourth-order valence-electron chi connectivity index (χ4n) is 2.58. The molecule has 0 bridgehead atoms. The Morgan fingerprint density at radius 1 is 1.22 bits per heavy atom. The Bertz CT molecular complexity index is 400. The van der Waals surface area contributed by atoms with Crippen LogP contribution in [0.15, 0.2) is 12.1 Å². The Morgan fingerprint density at radius 2 is 2.06 bits per heavy atom. The van der Waals surface area contributed by atoms with E-state index in [0.29, 0.717) is 12.6 Å². The highest BCUT2D eigenvalue weighted by Crippen LogP contribution is 2.40. The van der Waals surface area contributed by atoms with Gasteiger partial charge in [-0.1, -0.05) is 0 Å². The zero-order valence-electron chi connectivity index (χ0n) is 11.3. The maximum Gasteiger partial charge on any atom is 0.132 e. The highest BCUT2D eigenvalue weighted by Gasteiger charge is 2.25. The van der Waals surface area contributed by atoms with E-state index in [9.17, 15) is 0 Å². The molecular weight excluding hydrogens is 230 g/mol. The van der Waals surface area contributed by atoms with Crippen LogP contribution in [0.3, 0.4) is 0 Å². The van der Waals surface area contributed by atoms with Crippen LogP contribution in [0.4, 0.5) is 0 Å². The maximum absolute atomic E-state index is 5.58. The van der Waals surface area contributed by atoms with Gasteiger partial charge in [0.1, 0.15) is 11.5 Å². The molecule has 0 spiro atoms. The van der Waals surface area contributed by atoms with Crippen LogP contribution in [0, 0.1) is 0 Å². The molecule has 0 aliphatic carbocycles. The average Bonchev–Trinajstić information content (AvgIpc) is 2.92. The number of methoxy groups -OCH3 is 3. The third-order valence-corrected chi connectivity index (χ3v) is 3.37. The molecule has 100 valence electrons. The van der Waals surface area contributed by atoms with Gasteiger partial charge in [0.2, 0.25) is 0 Å². The van der Waals surface area contributed by atoms with Gasteiger partial charge in [0.15, 0.2) is 0 Å². The topological polar surface area (TPSA) is 39.7 Å². The van der Waals surface area contributed by atoms with E-state index in [2.05, 4.69) is 5.32 Å². The Balaban J connectivity index is 2.46. The minimum absolute atomic E-state index is 0.312. The van der Waals surface area contributed by atoms with Crippen LogP contribution < -0.4 is 14.8 Å². The summed E-state index contributed by atoms with van der Waals surface area (Å²) in [5.41, 5.74) is 2.18. The largest absolute Gasteiger partial charge is 0.496 e. The molecular formula is C14H21NO3. The predicted octanol–water partition coefficient (Wildman–Crippen LogP) is 2.27. The lowest BCUT2D eigenvalue weighted by atomic mass is 9.99. The van der Waals surface area contributed by atoms with Gasteiger partial charge >= 0.3 is 0 Å². The van der Waals surface area contributed by atoms with Gasteiger partial charge in [-0.3, -0.25) is 0 Å². The molecule has 1 atom stereocenters. The molecule has 1 aliphatic heterocycles. The molecule has 4 nitrogen and oxygen atoms in total. The zero-order valence-corrected chi connectivity index (χ0v) is 11.3. The van der Waals surface area contributed by atoms with Crippen LogP contribution >= 0.6 is 0 Å². The second kappa shape index (κ2) is 6.07. The Morgan fingerprint density at radius 3 is 2.61 bits per heavy atom. The fourth-order valence-corrected chi connectivity index (χ4v) is 2.58. The van der Waals surface area contributed by atoms with Crippen molar-refractivity contribution in [3.63, 3.8) is 0 Å². The smallest absolute Gasteiger partial charge is 0.132 e. The van der Waals surface area contributed by atoms with E-state index in [1.54, 1.807) is 21.3 Å². The Kier molecular flexibility index (Phi) is 4.44. The van der Waals surface area contributed by atoms with Crippen LogP contribution in [0.5, 0.6) is 11.5 Å². The van der Waals surface area contributed by atoms with Crippen molar-refractivity contribution in [3.8, 4) is 11.5 Å². The van der Waals surface area contributed by atoms with Crippen molar-refractivity contribution in [2.75, 3.05) is 27.9 Å². The van der Waals surface area contributed by atoms with Crippen LogP contribution in [-0.2, 0) is 11.3 Å². The first kappa shape index (κ1) is 13.2. The first-order valence-corrected chi connectivity index (χ1v) is 6.28. The summed E-state index contributed by atoms with van der Waals surface area (Å²) in [6.07, 6.45) is 2.30. The third-order valence-electron chi connectivity index (χ3n) is 3.37. The lowest BCUT2D eigenvalue weighted by Crippen LogP contribution is -2.15. The first-order chi connectivity index (χ1) is 8.81. The van der Waals surface area contributed by atoms with Crippen molar-refractivity contribution in [2.24, 2.45) is 0 Å². The van der Waals surface area contributed by atoms with E-state index in [1.807, 2.05) is 12.1 Å². The zero-order chi connectivity index (χ0) is 13.0. The lowest BCUT2D eigenvalue weighted by molar-refractivity contribution is 0.181. The van der Waals surface area contributed by atoms with Crippen molar-refractivity contribution in [1.29, 1.82) is 0 Å². The molecule has 1 aromatic carbocycles. The SMILES string of the molecule is COCc1ccc(OC)c(C2CCCN2)c1OC. The van der Waals surface area contributed by atoms with Crippen LogP contribution in [0.2, 0.25) is 0 Å². The molecule has 1 aromatic rings. The van der Waals surface area contributed by atoms with Crippen LogP contribution in [-0.4, -0.2) is 27.9 Å². The van der Waals surface area contributed by atoms with Crippen molar-refractivity contribution in [1.82, 2.24) is 5.32 Å². The van der Waals surface area contributed by atoms with Crippen LogP contribution in [0.1, 0.15) is 30.0 Å². The fraction of sp³-hybridized carbons (Fsp3) is 0.571. The molecule has 1 saturated heterocycles. The Hall–Kier alpha value is -1.26. The van der Waals surface area contributed by atoms with Gasteiger partial charge in [-0.2, -0.15) is 0 Å². The number of nitrogens with one attached hydrogen (secondary N) is 1. The summed E-state index contributed by atoms with van der Waals surface area (Å²) in [5.74, 6) is 1.77. The normalized spacial score (nSPS) is 18.9. The molecule has 1 heterocycles. The summed E-state index contributed by atoms with van der Waals surface area (Å²) >= 11 is 0. The molecule has 2 rings (SSSR count). The minimum Gasteiger partial charge on any atom is -0.496 e. The van der Waals surface area contributed by atoms with Gasteiger partial charge in [0, 0.05) is 18.7 Å². The van der Waals surface area contributed by atoms with Crippen molar-refractivity contribution in [2.45, 2.75) is 25.5 Å². The molecule has 0 amide bonds. The quantitative estimate of drug-likeness (QED) is 0.871. The van der Waals surface area contributed by atoms with E-state index in [4.69, 9.17) is 14.2 Å². The Labute approximate surface area is 108 Å². The number of hydrogen-bond acceptors (Lipinski definition) is 4. The molecule has 1 fully saturated rings. The third kappa shape index (κ3) is 2.44. The highest BCUT2D eigenvalue weighted by atomic mass is 16.5. The van der Waals surface area contributed by atoms with Gasteiger partial charge in [0.25, 0.3) is 0 Å². The highest BCUT2D eigenvalue weighted by molar-refractivity contribution is 5.52. The van der Waals surface area contributed by atoms with E-state index in [0.717, 1.165) is 35.6 Å². The van der Waals surface area contributed by atoms with E-state index in [1.165, 1.54) is 6.42 Å². The summed E-state index contributed by atoms with van der Waals surface area (Å²) in [5, 5.41) is 3.49. The number of hydrogen-bond donors (Lipinski definition) is 1. The standard InChI is InChI=1S/C14H21NO3/c1-16-9-10-6-7-12(17-2)13(14(10)18-3)11-5-4-8-15-11/h6-7,11,15H,4-5,8-9H2,1-3H3. The number of rotatable bonds is 5. The van der Waals surface area contributed by atoms with Gasteiger partial charge in [-0.05, 0) is 31.5 Å². The van der Waals surface area contributed by atoms with E-state index < -0.39 is 0 Å². The summed E-state index contributed by atoms with van der Waals surface area (Å²) < 4.78 is 16.3. The number of benzene rings is 1. The minimum atomic E-state index is 0.312. The van der Waals surface area contributed by atoms with Crippen molar-refractivity contribution < 1.29 is 14.2 Å². The van der Waals surface area contributed by atoms with Gasteiger partial charge in [-0.25, -0.2) is 0 Å². The average molecular weight is 251 g/mol. The predicted molar refractivity (Wildman–Crippen MR) is 70.2 cm³/mol. The molecule has 1 aliphatic rings. The molecule has 0 aromatic heterocycles. The maximum atomic E-state index is 5.58. The summed E-state index contributed by atoms with van der Waals surface area (Å²) in [4.78, 5) is 0. The summed E-state index contributed by atoms with van der Waals surface area (Å²) in [7, 11) is 5.09. The molecule has 0 radical (unpaired) electrons. The first-order valence-electron chi connectivity index (χ1n) is 6.28. The van der Waals surface area contributed by atoms with Crippen LogP contribution in [0.25, 0.3) is 0 Å². The van der Waals surface area contributed by atoms with Gasteiger partial charge < -0.3 is 19.5 Å². The molecule has 18 heavy (non-hydrogen) atoms. The van der Waals surface area contributed by atoms with Gasteiger partial charge in [0.05, 0.1) is 26.4 Å². The molecule has 1 unspecified atom stereocenters. The monoisotopic (exact) mass is 251 g/mol. The van der Waals surface area contributed by atoms with Gasteiger partial charge in [-0.15, -0.1) is 0 Å². The lowest BCUT2D eigenvalue weighted by Gasteiger charge is -2.21. The molecule has 4 heteroatoms. The summed E-state index contributed by atoms with van der Waals surface area (Å²) in [6.45, 7) is 1.60. The molecule has 0 saturated carbocycles. The molecule has 1 N–H and O–H groups in total. The second-order valence-electron chi connectivity index (χ2n) is 4.46. The van der Waals surface area contributed by atoms with E-state index in [-0.39, 0.29) is 0 Å². The second-order valence-corrected chi connectivity index (χ2v) is 4.46. The van der Waals surface area contributed by atoms with Crippen molar-refractivity contribution >= 4 is 0 Å². The summed E-state index contributed by atoms with van der Waals surface area (Å²) in [6, 6.07) is 4.30. The van der Waals surface area contributed by atoms with Crippen molar-refractivity contribution in [3.05, 3.63) is 23.3 Å². The van der Waals surface area contributed by atoms with E-state index >= 15 is 0 Å².